The summed E-state index contributed by atoms with van der Waals surface area (Å²) >= 11 is 5.39. The van der Waals surface area contributed by atoms with Gasteiger partial charge in [0.2, 0.25) is 0 Å². The van der Waals surface area contributed by atoms with Crippen LogP contribution in [0.25, 0.3) is 0 Å². The molecular weight excluding hydrogens is 204 g/mol. The molecule has 14 heavy (non-hydrogen) atoms. The third-order valence-electron chi connectivity index (χ3n) is 1.14. The molecule has 0 aliphatic rings. The molecule has 2 aromatic heterocycles. The number of hydrogen-bond acceptors (Lipinski definition) is 4. The van der Waals surface area contributed by atoms with Gasteiger partial charge in [-0.25, -0.2) is 15.0 Å². The first-order chi connectivity index (χ1) is 6.79. The molecule has 72 valence electrons. The van der Waals surface area contributed by atoms with Crippen LogP contribution in [0.1, 0.15) is 0 Å². The lowest BCUT2D eigenvalue weighted by Crippen LogP contribution is -2.00. The maximum absolute atomic E-state index is 10.2. The summed E-state index contributed by atoms with van der Waals surface area (Å²) in [7, 11) is 0. The smallest absolute Gasteiger partial charge is 0.250 e. The normalized spacial score (nSPS) is 8.64. The highest BCUT2D eigenvalue weighted by Crippen LogP contribution is 1.96. The Balaban J connectivity index is 0.000000140. The quantitative estimate of drug-likeness (QED) is 0.656. The summed E-state index contributed by atoms with van der Waals surface area (Å²) in [5.41, 5.74) is -0.116. The van der Waals surface area contributed by atoms with Crippen LogP contribution in [0.15, 0.2) is 42.0 Å². The van der Waals surface area contributed by atoms with Crippen LogP contribution in [-0.4, -0.2) is 19.9 Å². The maximum Gasteiger partial charge on any atom is 0.250 e. The molecular formula is C8H7ClN4O. The van der Waals surface area contributed by atoms with Crippen molar-refractivity contribution in [3.63, 3.8) is 0 Å². The molecule has 1 N–H and O–H groups in total. The molecule has 0 unspecified atom stereocenters. The number of H-pyrrole nitrogens is 1. The molecule has 2 heterocycles. The van der Waals surface area contributed by atoms with Gasteiger partial charge in [0, 0.05) is 18.5 Å². The van der Waals surface area contributed by atoms with E-state index < -0.39 is 0 Å². The molecule has 0 saturated carbocycles. The standard InChI is InChI=1S/C4H3ClN2.C4H4N2O/c5-4-1-2-6-3-7-4;7-4-1-2-5-3-6-4/h1-3H;1-3H,(H,5,6,7). The van der Waals surface area contributed by atoms with Crippen LogP contribution >= 0.6 is 11.6 Å². The van der Waals surface area contributed by atoms with Gasteiger partial charge in [0.1, 0.15) is 11.5 Å². The minimum Gasteiger partial charge on any atom is -0.313 e. The van der Waals surface area contributed by atoms with E-state index in [1.807, 2.05) is 0 Å². The highest BCUT2D eigenvalue weighted by atomic mass is 35.5. The lowest BCUT2D eigenvalue weighted by molar-refractivity contribution is 1.12. The van der Waals surface area contributed by atoms with Gasteiger partial charge < -0.3 is 4.98 Å². The molecule has 2 rings (SSSR count). The zero-order chi connectivity index (χ0) is 10.2. The zero-order valence-electron chi connectivity index (χ0n) is 7.09. The topological polar surface area (TPSA) is 71.5 Å². The van der Waals surface area contributed by atoms with E-state index in [9.17, 15) is 4.79 Å². The number of halogens is 1. The van der Waals surface area contributed by atoms with Crippen molar-refractivity contribution in [3.8, 4) is 0 Å². The van der Waals surface area contributed by atoms with Crippen molar-refractivity contribution in [2.45, 2.75) is 0 Å². The average Bonchev–Trinajstić information content (AvgIpc) is 2.21. The largest absolute Gasteiger partial charge is 0.313 e. The van der Waals surface area contributed by atoms with Gasteiger partial charge in [0.25, 0.3) is 5.56 Å². The van der Waals surface area contributed by atoms with Crippen LogP contribution in [0.3, 0.4) is 0 Å². The monoisotopic (exact) mass is 210 g/mol. The lowest BCUT2D eigenvalue weighted by Gasteiger charge is -1.79. The molecule has 0 aliphatic heterocycles. The van der Waals surface area contributed by atoms with E-state index in [1.54, 1.807) is 12.3 Å². The van der Waals surface area contributed by atoms with Gasteiger partial charge in [-0.2, -0.15) is 0 Å². The van der Waals surface area contributed by atoms with Crippen molar-refractivity contribution < 1.29 is 0 Å². The number of rotatable bonds is 0. The van der Waals surface area contributed by atoms with Gasteiger partial charge in [-0.3, -0.25) is 4.79 Å². The van der Waals surface area contributed by atoms with Gasteiger partial charge >= 0.3 is 0 Å². The third-order valence-corrected chi connectivity index (χ3v) is 1.36. The maximum atomic E-state index is 10.2. The summed E-state index contributed by atoms with van der Waals surface area (Å²) in [6.45, 7) is 0. The predicted octanol–water partition coefficient (Wildman–Crippen LogP) is 0.900. The van der Waals surface area contributed by atoms with Crippen molar-refractivity contribution in [2.24, 2.45) is 0 Å². The summed E-state index contributed by atoms with van der Waals surface area (Å²) in [6, 6.07) is 2.99. The fourth-order valence-electron chi connectivity index (χ4n) is 0.577. The van der Waals surface area contributed by atoms with Gasteiger partial charge in [-0.15, -0.1) is 0 Å². The molecule has 0 amide bonds. The Bertz CT molecular complexity index is 399. The fourth-order valence-corrected chi connectivity index (χ4v) is 0.677. The van der Waals surface area contributed by atoms with Crippen LogP contribution < -0.4 is 5.56 Å². The van der Waals surface area contributed by atoms with Crippen LogP contribution in [0.2, 0.25) is 5.15 Å². The Morgan fingerprint density at radius 2 is 2.00 bits per heavy atom. The van der Waals surface area contributed by atoms with Gasteiger partial charge in [-0.05, 0) is 6.07 Å². The minimum atomic E-state index is -0.116. The molecule has 5 nitrogen and oxygen atoms in total. The van der Waals surface area contributed by atoms with Gasteiger partial charge in [-0.1, -0.05) is 11.6 Å². The summed E-state index contributed by atoms with van der Waals surface area (Å²) in [5.74, 6) is 0. The van der Waals surface area contributed by atoms with E-state index in [-0.39, 0.29) is 5.56 Å². The Morgan fingerprint density at radius 3 is 2.29 bits per heavy atom. The minimum absolute atomic E-state index is 0.116. The number of hydrogen-bond donors (Lipinski definition) is 1. The fraction of sp³-hybridized carbons (Fsp3) is 0. The van der Waals surface area contributed by atoms with Crippen LogP contribution in [0, 0.1) is 0 Å². The Labute approximate surface area is 84.8 Å². The molecule has 0 radical (unpaired) electrons. The Hall–Kier alpha value is -1.75. The van der Waals surface area contributed by atoms with Crippen molar-refractivity contribution in [2.75, 3.05) is 0 Å². The van der Waals surface area contributed by atoms with Crippen LogP contribution in [-0.2, 0) is 0 Å². The van der Waals surface area contributed by atoms with Crippen LogP contribution in [0.5, 0.6) is 0 Å². The summed E-state index contributed by atoms with van der Waals surface area (Å²) in [4.78, 5) is 23.4. The molecule has 0 bridgehead atoms. The van der Waals surface area contributed by atoms with E-state index in [0.29, 0.717) is 5.15 Å². The Kier molecular flexibility index (Phi) is 4.30. The molecule has 2 aromatic rings. The van der Waals surface area contributed by atoms with E-state index in [2.05, 4.69) is 19.9 Å². The molecule has 0 fully saturated rings. The first-order valence-corrected chi connectivity index (χ1v) is 4.07. The predicted molar refractivity (Wildman–Crippen MR) is 51.9 cm³/mol. The molecule has 6 heteroatoms. The second kappa shape index (κ2) is 5.82. The number of aromatic nitrogens is 4. The molecule has 0 aliphatic carbocycles. The SMILES string of the molecule is Clc1ccncn1.O=c1ccnc[nH]1. The van der Waals surface area contributed by atoms with Gasteiger partial charge in [0.15, 0.2) is 0 Å². The third kappa shape index (κ3) is 4.32. The highest BCUT2D eigenvalue weighted by Gasteiger charge is 1.77. The Morgan fingerprint density at radius 1 is 1.21 bits per heavy atom. The number of nitrogens with one attached hydrogen (secondary N) is 1. The summed E-state index contributed by atoms with van der Waals surface area (Å²) in [6.07, 6.45) is 5.79. The van der Waals surface area contributed by atoms with E-state index >= 15 is 0 Å². The van der Waals surface area contributed by atoms with Crippen LogP contribution in [0.4, 0.5) is 0 Å². The van der Waals surface area contributed by atoms with E-state index in [1.165, 1.54) is 24.9 Å². The average molecular weight is 211 g/mol. The number of nitrogens with zero attached hydrogens (tertiary/aromatic N) is 3. The van der Waals surface area contributed by atoms with E-state index in [0.717, 1.165) is 0 Å². The highest BCUT2D eigenvalue weighted by molar-refractivity contribution is 6.29. The first kappa shape index (κ1) is 10.3. The van der Waals surface area contributed by atoms with Crippen molar-refractivity contribution in [1.29, 1.82) is 0 Å². The van der Waals surface area contributed by atoms with Crippen molar-refractivity contribution in [1.82, 2.24) is 19.9 Å². The second-order valence-corrected chi connectivity index (χ2v) is 2.52. The van der Waals surface area contributed by atoms with Gasteiger partial charge in [0.05, 0.1) is 6.33 Å². The molecule has 0 spiro atoms. The van der Waals surface area contributed by atoms with Crippen molar-refractivity contribution in [3.05, 3.63) is 52.7 Å². The number of aromatic amines is 1. The first-order valence-electron chi connectivity index (χ1n) is 3.69. The van der Waals surface area contributed by atoms with E-state index in [4.69, 9.17) is 11.6 Å². The molecule has 0 atom stereocenters. The molecule has 0 aromatic carbocycles. The lowest BCUT2D eigenvalue weighted by atomic mass is 10.7. The molecule has 0 saturated heterocycles. The second-order valence-electron chi connectivity index (χ2n) is 2.13. The zero-order valence-corrected chi connectivity index (χ0v) is 7.85. The summed E-state index contributed by atoms with van der Waals surface area (Å²) in [5, 5.41) is 0.481. The van der Waals surface area contributed by atoms with Crippen molar-refractivity contribution >= 4 is 11.6 Å². The summed E-state index contributed by atoms with van der Waals surface area (Å²) < 4.78 is 0.